The Morgan fingerprint density at radius 3 is 3.00 bits per heavy atom. The second-order valence-corrected chi connectivity index (χ2v) is 5.86. The van der Waals surface area contributed by atoms with Crippen molar-refractivity contribution < 1.29 is 9.90 Å². The number of likely N-dealkylation sites (tertiary alicyclic amines) is 1. The van der Waals surface area contributed by atoms with Gasteiger partial charge in [-0.2, -0.15) is 0 Å². The normalized spacial score (nSPS) is 20.9. The summed E-state index contributed by atoms with van der Waals surface area (Å²) in [5.41, 5.74) is 2.46. The summed E-state index contributed by atoms with van der Waals surface area (Å²) >= 11 is 3.57. The smallest absolute Gasteiger partial charge is 0.307 e. The van der Waals surface area contributed by atoms with Crippen LogP contribution < -0.4 is 0 Å². The van der Waals surface area contributed by atoms with Gasteiger partial charge >= 0.3 is 5.97 Å². The second kappa shape index (κ2) is 5.85. The minimum atomic E-state index is -0.664. The molecule has 0 aromatic heterocycles. The summed E-state index contributed by atoms with van der Waals surface area (Å²) in [4.78, 5) is 13.3. The van der Waals surface area contributed by atoms with E-state index in [9.17, 15) is 4.79 Å². The average Bonchev–Trinajstić information content (AvgIpc) is 2.33. The van der Waals surface area contributed by atoms with Crippen LogP contribution in [0.2, 0.25) is 0 Å². The van der Waals surface area contributed by atoms with Crippen molar-refractivity contribution in [2.24, 2.45) is 5.92 Å². The van der Waals surface area contributed by atoms with Gasteiger partial charge in [0.15, 0.2) is 0 Å². The Hall–Kier alpha value is -0.870. The van der Waals surface area contributed by atoms with Gasteiger partial charge in [0.1, 0.15) is 0 Å². The molecule has 0 bridgehead atoms. The van der Waals surface area contributed by atoms with Crippen LogP contribution in [0.3, 0.4) is 0 Å². The summed E-state index contributed by atoms with van der Waals surface area (Å²) in [7, 11) is 0. The summed E-state index contributed by atoms with van der Waals surface area (Å²) in [6.45, 7) is 4.54. The van der Waals surface area contributed by atoms with E-state index >= 15 is 0 Å². The van der Waals surface area contributed by atoms with Crippen molar-refractivity contribution in [2.75, 3.05) is 13.1 Å². The van der Waals surface area contributed by atoms with Gasteiger partial charge in [-0.1, -0.05) is 28.1 Å². The lowest BCUT2D eigenvalue weighted by Gasteiger charge is -2.30. The Kier molecular flexibility index (Phi) is 4.40. The van der Waals surface area contributed by atoms with E-state index in [1.807, 2.05) is 0 Å². The number of carboxylic acids is 1. The van der Waals surface area contributed by atoms with Gasteiger partial charge in [0.2, 0.25) is 0 Å². The van der Waals surface area contributed by atoms with Gasteiger partial charge in [-0.3, -0.25) is 9.69 Å². The molecule has 1 aliphatic heterocycles. The minimum absolute atomic E-state index is 0.206. The average molecular weight is 312 g/mol. The lowest BCUT2D eigenvalue weighted by molar-refractivity contribution is -0.143. The van der Waals surface area contributed by atoms with E-state index in [2.05, 4.69) is 46.0 Å². The van der Waals surface area contributed by atoms with Crippen molar-refractivity contribution in [1.82, 2.24) is 4.90 Å². The van der Waals surface area contributed by atoms with Gasteiger partial charge in [-0.05, 0) is 43.5 Å². The topological polar surface area (TPSA) is 40.5 Å². The first-order valence-corrected chi connectivity index (χ1v) is 7.06. The molecule has 0 aliphatic carbocycles. The van der Waals surface area contributed by atoms with Crippen molar-refractivity contribution in [3.63, 3.8) is 0 Å². The molecular formula is C14H18BrNO2. The molecule has 1 aromatic rings. The summed E-state index contributed by atoms with van der Waals surface area (Å²) in [5.74, 6) is -0.870. The molecule has 1 unspecified atom stereocenters. The van der Waals surface area contributed by atoms with Crippen molar-refractivity contribution in [2.45, 2.75) is 26.3 Å². The van der Waals surface area contributed by atoms with Crippen LogP contribution in [-0.4, -0.2) is 29.1 Å². The molecule has 2 rings (SSSR count). The van der Waals surface area contributed by atoms with E-state index in [0.717, 1.165) is 30.4 Å². The largest absolute Gasteiger partial charge is 0.481 e. The third-order valence-electron chi connectivity index (χ3n) is 3.46. The first-order valence-electron chi connectivity index (χ1n) is 6.26. The fourth-order valence-electron chi connectivity index (χ4n) is 2.42. The highest BCUT2D eigenvalue weighted by Gasteiger charge is 2.25. The molecule has 3 nitrogen and oxygen atoms in total. The highest BCUT2D eigenvalue weighted by atomic mass is 79.9. The van der Waals surface area contributed by atoms with E-state index < -0.39 is 5.97 Å². The molecule has 18 heavy (non-hydrogen) atoms. The number of aryl methyl sites for hydroxylation is 1. The van der Waals surface area contributed by atoms with Gasteiger partial charge in [-0.25, -0.2) is 0 Å². The van der Waals surface area contributed by atoms with E-state index in [0.29, 0.717) is 6.54 Å². The number of benzene rings is 1. The number of aliphatic carboxylic acids is 1. The molecule has 1 saturated heterocycles. The van der Waals surface area contributed by atoms with Crippen molar-refractivity contribution in [3.8, 4) is 0 Å². The zero-order chi connectivity index (χ0) is 13.1. The Morgan fingerprint density at radius 1 is 1.56 bits per heavy atom. The predicted molar refractivity (Wildman–Crippen MR) is 74.5 cm³/mol. The molecule has 1 atom stereocenters. The molecule has 0 radical (unpaired) electrons. The zero-order valence-electron chi connectivity index (χ0n) is 10.5. The van der Waals surface area contributed by atoms with Crippen LogP contribution in [0.5, 0.6) is 0 Å². The van der Waals surface area contributed by atoms with Crippen LogP contribution in [0, 0.1) is 12.8 Å². The third kappa shape index (κ3) is 3.33. The molecule has 98 valence electrons. The highest BCUT2D eigenvalue weighted by Crippen LogP contribution is 2.23. The molecule has 1 aromatic carbocycles. The molecule has 1 fully saturated rings. The monoisotopic (exact) mass is 311 g/mol. The lowest BCUT2D eigenvalue weighted by atomic mass is 9.98. The van der Waals surface area contributed by atoms with E-state index in [1.54, 1.807) is 0 Å². The fraction of sp³-hybridized carbons (Fsp3) is 0.500. The van der Waals surface area contributed by atoms with Crippen LogP contribution >= 0.6 is 15.9 Å². The zero-order valence-corrected chi connectivity index (χ0v) is 12.1. The van der Waals surface area contributed by atoms with Crippen molar-refractivity contribution in [3.05, 3.63) is 33.8 Å². The minimum Gasteiger partial charge on any atom is -0.481 e. The standard InChI is InChI=1S/C14H18BrNO2/c1-10-4-5-11(13(15)7-10)8-16-6-2-3-12(9-16)14(17)18/h4-5,7,12H,2-3,6,8-9H2,1H3,(H,17,18). The Labute approximate surface area is 116 Å². The van der Waals surface area contributed by atoms with E-state index in [1.165, 1.54) is 11.1 Å². The molecular weight excluding hydrogens is 294 g/mol. The maximum Gasteiger partial charge on any atom is 0.307 e. The van der Waals surface area contributed by atoms with Crippen LogP contribution in [-0.2, 0) is 11.3 Å². The van der Waals surface area contributed by atoms with Crippen LogP contribution in [0.15, 0.2) is 22.7 Å². The number of hydrogen-bond acceptors (Lipinski definition) is 2. The van der Waals surface area contributed by atoms with Crippen molar-refractivity contribution >= 4 is 21.9 Å². The lowest BCUT2D eigenvalue weighted by Crippen LogP contribution is -2.38. The maximum atomic E-state index is 11.0. The van der Waals surface area contributed by atoms with Crippen LogP contribution in [0.25, 0.3) is 0 Å². The number of carboxylic acid groups (broad SMARTS) is 1. The number of rotatable bonds is 3. The Balaban J connectivity index is 2.02. The molecule has 1 heterocycles. The van der Waals surface area contributed by atoms with E-state index in [4.69, 9.17) is 5.11 Å². The van der Waals surface area contributed by atoms with Gasteiger partial charge in [0.25, 0.3) is 0 Å². The maximum absolute atomic E-state index is 11.0. The SMILES string of the molecule is Cc1ccc(CN2CCCC(C(=O)O)C2)c(Br)c1. The van der Waals surface area contributed by atoms with Crippen LogP contribution in [0.4, 0.5) is 0 Å². The van der Waals surface area contributed by atoms with Gasteiger partial charge in [-0.15, -0.1) is 0 Å². The number of nitrogens with zero attached hydrogens (tertiary/aromatic N) is 1. The molecule has 0 spiro atoms. The third-order valence-corrected chi connectivity index (χ3v) is 4.20. The van der Waals surface area contributed by atoms with E-state index in [-0.39, 0.29) is 5.92 Å². The molecule has 0 amide bonds. The van der Waals surface area contributed by atoms with Gasteiger partial charge < -0.3 is 5.11 Å². The first-order chi connectivity index (χ1) is 8.56. The van der Waals surface area contributed by atoms with Crippen molar-refractivity contribution in [1.29, 1.82) is 0 Å². The summed E-state index contributed by atoms with van der Waals surface area (Å²) in [6.07, 6.45) is 1.78. The number of halogens is 1. The number of piperidine rings is 1. The fourth-order valence-corrected chi connectivity index (χ4v) is 3.04. The molecule has 1 N–H and O–H groups in total. The second-order valence-electron chi connectivity index (χ2n) is 5.01. The Morgan fingerprint density at radius 2 is 2.33 bits per heavy atom. The molecule has 1 aliphatic rings. The molecule has 0 saturated carbocycles. The Bertz CT molecular complexity index is 447. The van der Waals surface area contributed by atoms with Gasteiger partial charge in [0.05, 0.1) is 5.92 Å². The van der Waals surface area contributed by atoms with Gasteiger partial charge in [0, 0.05) is 17.6 Å². The quantitative estimate of drug-likeness (QED) is 0.932. The highest BCUT2D eigenvalue weighted by molar-refractivity contribution is 9.10. The number of hydrogen-bond donors (Lipinski definition) is 1. The number of carbonyl (C=O) groups is 1. The van der Waals surface area contributed by atoms with Crippen LogP contribution in [0.1, 0.15) is 24.0 Å². The first kappa shape index (κ1) is 13.6. The predicted octanol–water partition coefficient (Wildman–Crippen LogP) is 3.05. The molecule has 4 heteroatoms. The summed E-state index contributed by atoms with van der Waals surface area (Å²) < 4.78 is 1.11. The summed E-state index contributed by atoms with van der Waals surface area (Å²) in [6, 6.07) is 6.32. The summed E-state index contributed by atoms with van der Waals surface area (Å²) in [5, 5.41) is 9.08.